The molecular weight excluding hydrogens is 316 g/mol. The van der Waals surface area contributed by atoms with E-state index >= 15 is 0 Å². The normalized spacial score (nSPS) is 51.7. The Morgan fingerprint density at radius 1 is 0.696 bits per heavy atom. The summed E-state index contributed by atoms with van der Waals surface area (Å²) < 4.78 is 15.7. The van der Waals surface area contributed by atoms with Crippen LogP contribution in [0.3, 0.4) is 0 Å². The van der Waals surface area contributed by atoms with Crippen LogP contribution in [0.15, 0.2) is 0 Å². The maximum atomic E-state index is 10.1. The Balaban J connectivity index is 2.07. The zero-order chi connectivity index (χ0) is 17.3. The quantitative estimate of drug-likeness (QED) is 0.267. The standard InChI is InChI=1S/C13H24O10/c1-4-7(16)5(2-14)21-12(8(4)17)23-13-11(20)10(19)9(18)6(3-15)22-13/h4-20H,2-3H2,1H3/t4-,5+,6+,7-,8+,9+,10-,11+,12+,13+/m0/s1. The number of hydrogen-bond acceptors (Lipinski definition) is 10. The van der Waals surface area contributed by atoms with Crippen LogP contribution in [0.25, 0.3) is 0 Å². The summed E-state index contributed by atoms with van der Waals surface area (Å²) in [5, 5.41) is 67.5. The number of hydrogen-bond donors (Lipinski definition) is 7. The molecule has 10 heteroatoms. The summed E-state index contributed by atoms with van der Waals surface area (Å²) in [6, 6.07) is 0. The molecule has 10 nitrogen and oxygen atoms in total. The van der Waals surface area contributed by atoms with Gasteiger partial charge in [0, 0.05) is 5.92 Å². The average molecular weight is 340 g/mol. The first-order chi connectivity index (χ1) is 10.8. The van der Waals surface area contributed by atoms with Gasteiger partial charge in [-0.15, -0.1) is 0 Å². The number of rotatable bonds is 4. The molecule has 0 aromatic heterocycles. The molecule has 7 N–H and O–H groups in total. The van der Waals surface area contributed by atoms with Crippen molar-refractivity contribution in [1.82, 2.24) is 0 Å². The second kappa shape index (κ2) is 7.66. The van der Waals surface area contributed by atoms with Crippen molar-refractivity contribution in [1.29, 1.82) is 0 Å². The van der Waals surface area contributed by atoms with E-state index in [1.54, 1.807) is 0 Å². The van der Waals surface area contributed by atoms with Crippen LogP contribution in [0.1, 0.15) is 6.92 Å². The molecule has 10 atom stereocenters. The van der Waals surface area contributed by atoms with Crippen LogP contribution < -0.4 is 0 Å². The molecule has 0 unspecified atom stereocenters. The Morgan fingerprint density at radius 3 is 1.70 bits per heavy atom. The first-order valence-corrected chi connectivity index (χ1v) is 7.40. The Bertz CT molecular complexity index is 344. The first kappa shape index (κ1) is 18.9. The summed E-state index contributed by atoms with van der Waals surface area (Å²) >= 11 is 0. The van der Waals surface area contributed by atoms with E-state index in [1.807, 2.05) is 0 Å². The van der Waals surface area contributed by atoms with Gasteiger partial charge in [0.15, 0.2) is 12.6 Å². The summed E-state index contributed by atoms with van der Waals surface area (Å²) in [5.41, 5.74) is 0. The second-order valence-electron chi connectivity index (χ2n) is 5.90. The zero-order valence-corrected chi connectivity index (χ0v) is 12.5. The first-order valence-electron chi connectivity index (χ1n) is 7.40. The molecule has 2 aliphatic rings. The molecule has 0 aromatic carbocycles. The molecule has 0 radical (unpaired) electrons. The lowest BCUT2D eigenvalue weighted by Crippen LogP contribution is -2.62. The van der Waals surface area contributed by atoms with Crippen LogP contribution in [0.2, 0.25) is 0 Å². The molecule has 2 aliphatic heterocycles. The highest BCUT2D eigenvalue weighted by Crippen LogP contribution is 2.30. The van der Waals surface area contributed by atoms with Gasteiger partial charge >= 0.3 is 0 Å². The van der Waals surface area contributed by atoms with Crippen molar-refractivity contribution in [3.63, 3.8) is 0 Å². The fourth-order valence-corrected chi connectivity index (χ4v) is 2.70. The Morgan fingerprint density at radius 2 is 1.17 bits per heavy atom. The molecule has 0 aromatic rings. The fraction of sp³-hybridized carbons (Fsp3) is 1.00. The maximum absolute atomic E-state index is 10.1. The average Bonchev–Trinajstić information content (AvgIpc) is 2.55. The molecule has 2 saturated heterocycles. The lowest BCUT2D eigenvalue weighted by molar-refractivity contribution is -0.372. The third-order valence-corrected chi connectivity index (χ3v) is 4.34. The van der Waals surface area contributed by atoms with Gasteiger partial charge in [0.1, 0.15) is 36.6 Å². The van der Waals surface area contributed by atoms with Gasteiger partial charge in [-0.3, -0.25) is 0 Å². The molecule has 2 rings (SSSR count). The van der Waals surface area contributed by atoms with E-state index in [2.05, 4.69) is 0 Å². The molecule has 136 valence electrons. The highest BCUT2D eigenvalue weighted by molar-refractivity contribution is 4.91. The molecule has 0 aliphatic carbocycles. The minimum atomic E-state index is -1.64. The molecule has 23 heavy (non-hydrogen) atoms. The van der Waals surface area contributed by atoms with Gasteiger partial charge < -0.3 is 50.0 Å². The minimum Gasteiger partial charge on any atom is -0.394 e. The van der Waals surface area contributed by atoms with Gasteiger partial charge in [0.05, 0.1) is 19.3 Å². The molecule has 2 heterocycles. The van der Waals surface area contributed by atoms with E-state index < -0.39 is 74.4 Å². The van der Waals surface area contributed by atoms with Crippen LogP contribution in [0.4, 0.5) is 0 Å². The monoisotopic (exact) mass is 340 g/mol. The fourth-order valence-electron chi connectivity index (χ4n) is 2.70. The SMILES string of the molecule is C[C@@H]1[C@@H](O)[C@@H](O[C@H]2O[C@H](CO)[C@@H](O)[C@H](O)[C@H]2O)O[C@H](CO)[C@H]1O. The van der Waals surface area contributed by atoms with E-state index in [-0.39, 0.29) is 0 Å². The molecular formula is C13H24O10. The molecule has 0 bridgehead atoms. The molecule has 0 amide bonds. The maximum Gasteiger partial charge on any atom is 0.189 e. The largest absolute Gasteiger partial charge is 0.394 e. The van der Waals surface area contributed by atoms with E-state index in [0.29, 0.717) is 0 Å². The van der Waals surface area contributed by atoms with E-state index in [4.69, 9.17) is 19.3 Å². The zero-order valence-electron chi connectivity index (χ0n) is 12.5. The van der Waals surface area contributed by atoms with Crippen LogP contribution in [-0.2, 0) is 14.2 Å². The summed E-state index contributed by atoms with van der Waals surface area (Å²) in [6.07, 6.45) is -12.2. The van der Waals surface area contributed by atoms with Crippen molar-refractivity contribution >= 4 is 0 Å². The van der Waals surface area contributed by atoms with Crippen LogP contribution in [0, 0.1) is 5.92 Å². The highest BCUT2D eigenvalue weighted by atomic mass is 16.8. The summed E-state index contributed by atoms with van der Waals surface area (Å²) in [6.45, 7) is 0.407. The van der Waals surface area contributed by atoms with Gasteiger partial charge in [0.25, 0.3) is 0 Å². The number of ether oxygens (including phenoxy) is 3. The van der Waals surface area contributed by atoms with Crippen molar-refractivity contribution in [2.75, 3.05) is 13.2 Å². The third-order valence-electron chi connectivity index (χ3n) is 4.34. The van der Waals surface area contributed by atoms with Crippen LogP contribution in [0.5, 0.6) is 0 Å². The lowest BCUT2D eigenvalue weighted by Gasteiger charge is -2.45. The number of aliphatic hydroxyl groups is 7. The van der Waals surface area contributed by atoms with Gasteiger partial charge in [-0.2, -0.15) is 0 Å². The van der Waals surface area contributed by atoms with Gasteiger partial charge in [0.2, 0.25) is 0 Å². The van der Waals surface area contributed by atoms with Crippen molar-refractivity contribution in [3.8, 4) is 0 Å². The summed E-state index contributed by atoms with van der Waals surface area (Å²) in [4.78, 5) is 0. The van der Waals surface area contributed by atoms with Gasteiger partial charge in [-0.05, 0) is 0 Å². The van der Waals surface area contributed by atoms with E-state index in [0.717, 1.165) is 0 Å². The molecule has 2 fully saturated rings. The van der Waals surface area contributed by atoms with E-state index in [1.165, 1.54) is 6.92 Å². The van der Waals surface area contributed by atoms with Crippen molar-refractivity contribution in [3.05, 3.63) is 0 Å². The summed E-state index contributed by atoms with van der Waals surface area (Å²) in [5.74, 6) is -0.684. The van der Waals surface area contributed by atoms with Crippen molar-refractivity contribution in [2.45, 2.75) is 62.2 Å². The third kappa shape index (κ3) is 3.66. The smallest absolute Gasteiger partial charge is 0.189 e. The van der Waals surface area contributed by atoms with Gasteiger partial charge in [-0.1, -0.05) is 6.92 Å². The molecule has 0 spiro atoms. The lowest BCUT2D eigenvalue weighted by atomic mass is 9.91. The van der Waals surface area contributed by atoms with E-state index in [9.17, 15) is 30.6 Å². The Kier molecular flexibility index (Phi) is 6.30. The molecule has 0 saturated carbocycles. The predicted octanol–water partition coefficient (Wildman–Crippen LogP) is -4.12. The van der Waals surface area contributed by atoms with Crippen LogP contribution >= 0.6 is 0 Å². The summed E-state index contributed by atoms with van der Waals surface area (Å²) in [7, 11) is 0. The van der Waals surface area contributed by atoms with Gasteiger partial charge in [-0.25, -0.2) is 0 Å². The number of aliphatic hydroxyl groups excluding tert-OH is 7. The Hall–Kier alpha value is -0.400. The minimum absolute atomic E-state index is 0.507. The van der Waals surface area contributed by atoms with Crippen molar-refractivity contribution in [2.24, 2.45) is 5.92 Å². The second-order valence-corrected chi connectivity index (χ2v) is 5.90. The topological polar surface area (TPSA) is 169 Å². The highest BCUT2D eigenvalue weighted by Gasteiger charge is 2.48. The predicted molar refractivity (Wildman–Crippen MR) is 71.8 cm³/mol. The van der Waals surface area contributed by atoms with Crippen LogP contribution in [-0.4, -0.2) is 104 Å². The van der Waals surface area contributed by atoms with Crippen molar-refractivity contribution < 1.29 is 50.0 Å². The Labute approximate surface area is 132 Å².